The van der Waals surface area contributed by atoms with E-state index >= 15 is 0 Å². The molecule has 0 aliphatic carbocycles. The first kappa shape index (κ1) is 17.5. The molecule has 0 aliphatic rings. The summed E-state index contributed by atoms with van der Waals surface area (Å²) in [5.41, 5.74) is 0. The van der Waals surface area contributed by atoms with Crippen molar-refractivity contribution in [3.63, 3.8) is 0 Å². The maximum Gasteiger partial charge on any atom is 0.321 e. The summed E-state index contributed by atoms with van der Waals surface area (Å²) >= 11 is 0. The fourth-order valence-electron chi connectivity index (χ4n) is 2.36. The zero-order valence-corrected chi connectivity index (χ0v) is 12.9. The number of carbonyl (C=O) groups is 1. The Kier molecular flexibility index (Phi) is 6.67. The van der Waals surface area contributed by atoms with E-state index in [1.165, 1.54) is 0 Å². The lowest BCUT2D eigenvalue weighted by Crippen LogP contribution is -2.51. The van der Waals surface area contributed by atoms with E-state index in [4.69, 9.17) is 0 Å². The van der Waals surface area contributed by atoms with Crippen molar-refractivity contribution in [3.8, 4) is 0 Å². The fourth-order valence-corrected chi connectivity index (χ4v) is 2.36. The van der Waals surface area contributed by atoms with Crippen LogP contribution in [-0.4, -0.2) is 63.3 Å². The van der Waals surface area contributed by atoms with E-state index in [1.54, 1.807) is 44.4 Å². The highest BCUT2D eigenvalue weighted by Crippen LogP contribution is 2.18. The van der Waals surface area contributed by atoms with Gasteiger partial charge in [0.15, 0.2) is 0 Å². The van der Waals surface area contributed by atoms with Gasteiger partial charge in [-0.1, -0.05) is 6.92 Å². The summed E-state index contributed by atoms with van der Waals surface area (Å²) in [5.74, 6) is -0.864. The molecular weight excluding hydrogens is 272 g/mol. The average Bonchev–Trinajstić information content (AvgIpc) is 2.46. The van der Waals surface area contributed by atoms with Gasteiger partial charge in [0.2, 0.25) is 0 Å². The van der Waals surface area contributed by atoms with Crippen molar-refractivity contribution in [2.45, 2.75) is 38.6 Å². The molecular formula is C14H24N4O3. The molecule has 0 saturated heterocycles. The summed E-state index contributed by atoms with van der Waals surface area (Å²) in [7, 11) is 3.43. The molecule has 3 N–H and O–H groups in total. The molecule has 0 radical (unpaired) electrons. The van der Waals surface area contributed by atoms with Gasteiger partial charge in [-0.2, -0.15) is 0 Å². The fraction of sp³-hybridized carbons (Fsp3) is 0.643. The van der Waals surface area contributed by atoms with Crippen LogP contribution in [0.25, 0.3) is 0 Å². The van der Waals surface area contributed by atoms with E-state index in [2.05, 4.69) is 15.3 Å². The third kappa shape index (κ3) is 4.73. The third-order valence-electron chi connectivity index (χ3n) is 3.74. The Labute approximate surface area is 125 Å². The number of aliphatic hydroxyl groups is 1. The smallest absolute Gasteiger partial charge is 0.321 e. The maximum atomic E-state index is 11.6. The van der Waals surface area contributed by atoms with E-state index in [0.717, 1.165) is 0 Å². The van der Waals surface area contributed by atoms with E-state index in [0.29, 0.717) is 12.4 Å². The lowest BCUT2D eigenvalue weighted by Gasteiger charge is -2.33. The molecule has 0 aliphatic heterocycles. The minimum Gasteiger partial charge on any atom is -0.480 e. The van der Waals surface area contributed by atoms with Crippen molar-refractivity contribution < 1.29 is 15.0 Å². The van der Waals surface area contributed by atoms with Crippen molar-refractivity contribution in [2.75, 3.05) is 14.1 Å². The number of carboxylic acids is 1. The largest absolute Gasteiger partial charge is 0.480 e. The van der Waals surface area contributed by atoms with Crippen LogP contribution in [0.3, 0.4) is 0 Å². The minimum absolute atomic E-state index is 0.191. The summed E-state index contributed by atoms with van der Waals surface area (Å²) in [6.45, 7) is 3.86. The van der Waals surface area contributed by atoms with Crippen molar-refractivity contribution in [3.05, 3.63) is 24.3 Å². The molecule has 0 bridgehead atoms. The first-order valence-corrected chi connectivity index (χ1v) is 6.92. The average molecular weight is 296 g/mol. The van der Waals surface area contributed by atoms with Gasteiger partial charge in [-0.25, -0.2) is 9.97 Å². The number of hydrogen-bond donors (Lipinski definition) is 3. The van der Waals surface area contributed by atoms with E-state index in [1.807, 2.05) is 6.92 Å². The van der Waals surface area contributed by atoms with Crippen LogP contribution < -0.4 is 5.32 Å². The normalized spacial score (nSPS) is 17.2. The topological polar surface area (TPSA) is 98.6 Å². The second kappa shape index (κ2) is 8.02. The lowest BCUT2D eigenvalue weighted by atomic mass is 9.90. The van der Waals surface area contributed by atoms with Gasteiger partial charge >= 0.3 is 5.97 Å². The van der Waals surface area contributed by atoms with Crippen molar-refractivity contribution >= 4 is 5.97 Å². The highest BCUT2D eigenvalue weighted by molar-refractivity contribution is 5.73. The Morgan fingerprint density at radius 3 is 2.43 bits per heavy atom. The number of nitrogens with one attached hydrogen (secondary N) is 1. The van der Waals surface area contributed by atoms with Crippen LogP contribution in [0.1, 0.15) is 19.7 Å². The Morgan fingerprint density at radius 1 is 1.38 bits per heavy atom. The molecule has 7 nitrogen and oxygen atoms in total. The van der Waals surface area contributed by atoms with E-state index in [9.17, 15) is 15.0 Å². The zero-order valence-electron chi connectivity index (χ0n) is 12.9. The van der Waals surface area contributed by atoms with Crippen LogP contribution in [0.2, 0.25) is 0 Å². The van der Waals surface area contributed by atoms with Gasteiger partial charge in [0.25, 0.3) is 0 Å². The third-order valence-corrected chi connectivity index (χ3v) is 3.74. The highest BCUT2D eigenvalue weighted by Gasteiger charge is 2.35. The highest BCUT2D eigenvalue weighted by atomic mass is 16.4. The summed E-state index contributed by atoms with van der Waals surface area (Å²) in [6.07, 6.45) is 2.47. The van der Waals surface area contributed by atoms with Crippen LogP contribution in [0, 0.1) is 5.92 Å². The summed E-state index contributed by atoms with van der Waals surface area (Å²) in [5, 5.41) is 22.7. The SMILES string of the molecule is CN[C@@H](C)[C@H](O)[C@H](C)C(C(=O)O)N(C)Cc1ncccn1. The maximum absolute atomic E-state index is 11.6. The van der Waals surface area contributed by atoms with Crippen LogP contribution >= 0.6 is 0 Å². The predicted octanol–water partition coefficient (Wildman–Crippen LogP) is -0.0335. The molecule has 1 unspecified atom stereocenters. The standard InChI is InChI=1S/C14H24N4O3/c1-9(13(19)10(2)15-3)12(14(20)21)18(4)8-11-16-6-5-7-17-11/h5-7,9-10,12-13,15,19H,8H2,1-4H3,(H,20,21)/t9-,10+,12?,13-/m1/s1. The molecule has 0 spiro atoms. The van der Waals surface area contributed by atoms with Crippen LogP contribution in [-0.2, 0) is 11.3 Å². The molecule has 0 amide bonds. The number of likely N-dealkylation sites (N-methyl/N-ethyl adjacent to an activating group) is 2. The zero-order chi connectivity index (χ0) is 16.0. The molecule has 0 fully saturated rings. The Morgan fingerprint density at radius 2 is 1.95 bits per heavy atom. The van der Waals surface area contributed by atoms with Crippen LogP contribution in [0.4, 0.5) is 0 Å². The van der Waals surface area contributed by atoms with Crippen molar-refractivity contribution in [1.82, 2.24) is 20.2 Å². The molecule has 7 heteroatoms. The molecule has 4 atom stereocenters. The van der Waals surface area contributed by atoms with Gasteiger partial charge in [0, 0.05) is 24.4 Å². The van der Waals surface area contributed by atoms with Gasteiger partial charge in [0.1, 0.15) is 11.9 Å². The molecule has 1 aromatic rings. The van der Waals surface area contributed by atoms with Crippen LogP contribution in [0.5, 0.6) is 0 Å². The van der Waals surface area contributed by atoms with Gasteiger partial charge in [-0.15, -0.1) is 0 Å². The van der Waals surface area contributed by atoms with Gasteiger partial charge in [-0.3, -0.25) is 9.69 Å². The summed E-state index contributed by atoms with van der Waals surface area (Å²) in [6, 6.07) is 0.696. The van der Waals surface area contributed by atoms with Gasteiger partial charge in [0.05, 0.1) is 12.6 Å². The predicted molar refractivity (Wildman–Crippen MR) is 78.6 cm³/mol. The number of aromatic nitrogens is 2. The van der Waals surface area contributed by atoms with E-state index in [-0.39, 0.29) is 6.04 Å². The summed E-state index contributed by atoms with van der Waals surface area (Å²) in [4.78, 5) is 21.4. The molecule has 1 rings (SSSR count). The monoisotopic (exact) mass is 296 g/mol. The minimum atomic E-state index is -0.969. The second-order valence-electron chi connectivity index (χ2n) is 5.29. The number of rotatable bonds is 8. The van der Waals surface area contributed by atoms with Crippen LogP contribution in [0.15, 0.2) is 18.5 Å². The molecule has 0 aromatic carbocycles. The molecule has 1 aromatic heterocycles. The Hall–Kier alpha value is -1.57. The van der Waals surface area contributed by atoms with E-state index < -0.39 is 24.0 Å². The second-order valence-corrected chi connectivity index (χ2v) is 5.29. The van der Waals surface area contributed by atoms with Gasteiger partial charge in [-0.05, 0) is 27.1 Å². The number of aliphatic carboxylic acids is 1. The first-order valence-electron chi connectivity index (χ1n) is 6.92. The summed E-state index contributed by atoms with van der Waals surface area (Å²) < 4.78 is 0. The molecule has 1 heterocycles. The number of aliphatic hydroxyl groups excluding tert-OH is 1. The lowest BCUT2D eigenvalue weighted by molar-refractivity contribution is -0.147. The quantitative estimate of drug-likeness (QED) is 0.619. The number of hydrogen-bond acceptors (Lipinski definition) is 6. The van der Waals surface area contributed by atoms with Crippen molar-refractivity contribution in [1.29, 1.82) is 0 Å². The molecule has 118 valence electrons. The van der Waals surface area contributed by atoms with Crippen molar-refractivity contribution in [2.24, 2.45) is 5.92 Å². The molecule has 21 heavy (non-hydrogen) atoms. The van der Waals surface area contributed by atoms with Gasteiger partial charge < -0.3 is 15.5 Å². The Bertz CT molecular complexity index is 443. The molecule has 0 saturated carbocycles. The number of nitrogens with zero attached hydrogens (tertiary/aromatic N) is 3. The number of carboxylic acid groups (broad SMARTS) is 1. The Balaban J connectivity index is 2.83. The first-order chi connectivity index (χ1) is 9.88.